The van der Waals surface area contributed by atoms with Crippen molar-refractivity contribution in [2.45, 2.75) is 32.1 Å². The molecule has 0 saturated carbocycles. The number of carbonyl (C=O) groups is 1. The monoisotopic (exact) mass is 307 g/mol. The zero-order chi connectivity index (χ0) is 14.1. The molecular weight excluding hydrogens is 290 g/mol. The number of methoxy groups -OCH3 is 1. The summed E-state index contributed by atoms with van der Waals surface area (Å²) in [6, 6.07) is 4.17. The number of esters is 1. The molecule has 2 heterocycles. The molecule has 0 amide bonds. The van der Waals surface area contributed by atoms with Crippen LogP contribution in [0.3, 0.4) is 0 Å². The van der Waals surface area contributed by atoms with E-state index in [4.69, 9.17) is 10.5 Å². The molecule has 2 aromatic rings. The highest BCUT2D eigenvalue weighted by atomic mass is 32.1. The predicted octanol–water partition coefficient (Wildman–Crippen LogP) is 4.11. The van der Waals surface area contributed by atoms with E-state index in [1.54, 1.807) is 0 Å². The van der Waals surface area contributed by atoms with Gasteiger partial charge in [-0.05, 0) is 43.4 Å². The van der Waals surface area contributed by atoms with Crippen LogP contribution in [0.1, 0.15) is 39.4 Å². The van der Waals surface area contributed by atoms with E-state index in [0.717, 1.165) is 4.88 Å². The summed E-state index contributed by atoms with van der Waals surface area (Å²) in [5, 5.41) is 0. The van der Waals surface area contributed by atoms with Gasteiger partial charge in [-0.25, -0.2) is 4.79 Å². The van der Waals surface area contributed by atoms with E-state index in [0.29, 0.717) is 10.6 Å². The maximum Gasteiger partial charge on any atom is 0.350 e. The normalized spacial score (nSPS) is 14.7. The Morgan fingerprint density at radius 1 is 1.15 bits per heavy atom. The van der Waals surface area contributed by atoms with Crippen LogP contribution >= 0.6 is 22.7 Å². The second kappa shape index (κ2) is 5.58. The van der Waals surface area contributed by atoms with E-state index in [-0.39, 0.29) is 5.97 Å². The zero-order valence-corrected chi connectivity index (χ0v) is 13.0. The van der Waals surface area contributed by atoms with Crippen LogP contribution in [0.5, 0.6) is 0 Å². The summed E-state index contributed by atoms with van der Waals surface area (Å²) in [7, 11) is 1.38. The smallest absolute Gasteiger partial charge is 0.350 e. The summed E-state index contributed by atoms with van der Waals surface area (Å²) in [6.07, 6.45) is 6.26. The maximum absolute atomic E-state index is 11.6. The lowest BCUT2D eigenvalue weighted by Gasteiger charge is -1.94. The Morgan fingerprint density at radius 2 is 1.90 bits per heavy atom. The molecule has 0 bridgehead atoms. The minimum Gasteiger partial charge on any atom is -0.465 e. The van der Waals surface area contributed by atoms with Crippen LogP contribution in [0, 0.1) is 0 Å². The second-order valence-corrected chi connectivity index (χ2v) is 7.20. The van der Waals surface area contributed by atoms with E-state index < -0.39 is 0 Å². The molecule has 5 heteroatoms. The van der Waals surface area contributed by atoms with E-state index in [1.807, 2.05) is 17.4 Å². The first-order valence-electron chi connectivity index (χ1n) is 6.78. The summed E-state index contributed by atoms with van der Waals surface area (Å²) in [6.45, 7) is 0. The van der Waals surface area contributed by atoms with Gasteiger partial charge in [-0.2, -0.15) is 0 Å². The van der Waals surface area contributed by atoms with Crippen molar-refractivity contribution in [1.82, 2.24) is 0 Å². The van der Waals surface area contributed by atoms with Gasteiger partial charge >= 0.3 is 5.97 Å². The number of thiophene rings is 2. The average Bonchev–Trinajstić information content (AvgIpc) is 2.96. The number of hydrogen-bond acceptors (Lipinski definition) is 5. The van der Waals surface area contributed by atoms with Gasteiger partial charge in [0.15, 0.2) is 0 Å². The summed E-state index contributed by atoms with van der Waals surface area (Å²) < 4.78 is 4.76. The Morgan fingerprint density at radius 3 is 2.70 bits per heavy atom. The molecule has 0 aromatic carbocycles. The molecule has 0 spiro atoms. The molecule has 1 aliphatic carbocycles. The van der Waals surface area contributed by atoms with Gasteiger partial charge in [0.25, 0.3) is 0 Å². The number of ether oxygens (including phenoxy) is 1. The lowest BCUT2D eigenvalue weighted by atomic mass is 10.1. The van der Waals surface area contributed by atoms with Gasteiger partial charge in [0.2, 0.25) is 0 Å². The van der Waals surface area contributed by atoms with Crippen LogP contribution in [0.4, 0.5) is 5.69 Å². The molecular formula is C15H17NO2S2. The SMILES string of the molecule is COC(=O)c1sc(-c2cc3c(s2)CCCCC3)cc1N. The lowest BCUT2D eigenvalue weighted by molar-refractivity contribution is 0.0607. The fraction of sp³-hybridized carbons (Fsp3) is 0.400. The van der Waals surface area contributed by atoms with E-state index in [9.17, 15) is 4.79 Å². The molecule has 106 valence electrons. The van der Waals surface area contributed by atoms with Crippen molar-refractivity contribution in [3.05, 3.63) is 27.5 Å². The number of hydrogen-bond donors (Lipinski definition) is 1. The first kappa shape index (κ1) is 13.6. The Bertz CT molecular complexity index is 619. The number of carbonyl (C=O) groups excluding carboxylic acids is 1. The highest BCUT2D eigenvalue weighted by Gasteiger charge is 2.18. The summed E-state index contributed by atoms with van der Waals surface area (Å²) in [5.41, 5.74) is 7.91. The third kappa shape index (κ3) is 2.47. The van der Waals surface area contributed by atoms with Crippen molar-refractivity contribution in [2.75, 3.05) is 12.8 Å². The zero-order valence-electron chi connectivity index (χ0n) is 11.4. The standard InChI is InChI=1S/C15H17NO2S2/c1-18-15(17)14-10(16)8-13(20-14)12-7-9-5-3-2-4-6-11(9)19-12/h7-8H,2-6,16H2,1H3. The number of fused-ring (bicyclic) bond motifs is 1. The Labute approximate surface area is 126 Å². The number of nitrogens with two attached hydrogens (primary N) is 1. The topological polar surface area (TPSA) is 52.3 Å². The van der Waals surface area contributed by atoms with Gasteiger partial charge in [-0.3, -0.25) is 0 Å². The van der Waals surface area contributed by atoms with Gasteiger partial charge in [0.05, 0.1) is 12.8 Å². The molecule has 3 rings (SSSR count). The van der Waals surface area contributed by atoms with Crippen LogP contribution in [0.25, 0.3) is 9.75 Å². The molecule has 0 radical (unpaired) electrons. The van der Waals surface area contributed by atoms with Crippen LogP contribution in [-0.2, 0) is 17.6 Å². The highest BCUT2D eigenvalue weighted by molar-refractivity contribution is 7.23. The Balaban J connectivity index is 1.95. The number of aryl methyl sites for hydroxylation is 2. The number of rotatable bonds is 2. The predicted molar refractivity (Wildman–Crippen MR) is 84.6 cm³/mol. The van der Waals surface area contributed by atoms with Crippen molar-refractivity contribution in [3.63, 3.8) is 0 Å². The maximum atomic E-state index is 11.6. The fourth-order valence-electron chi connectivity index (χ4n) is 2.57. The van der Waals surface area contributed by atoms with Crippen molar-refractivity contribution in [2.24, 2.45) is 0 Å². The fourth-order valence-corrected chi connectivity index (χ4v) is 4.89. The van der Waals surface area contributed by atoms with Crippen molar-refractivity contribution in [1.29, 1.82) is 0 Å². The molecule has 0 aliphatic heterocycles. The molecule has 20 heavy (non-hydrogen) atoms. The van der Waals surface area contributed by atoms with Crippen LogP contribution < -0.4 is 5.73 Å². The lowest BCUT2D eigenvalue weighted by Crippen LogP contribution is -2.00. The minimum absolute atomic E-state index is 0.350. The molecule has 1 aliphatic rings. The summed E-state index contributed by atoms with van der Waals surface area (Å²) in [4.78, 5) is 15.9. The van der Waals surface area contributed by atoms with Gasteiger partial charge < -0.3 is 10.5 Å². The molecule has 0 fully saturated rings. The van der Waals surface area contributed by atoms with E-state index in [2.05, 4.69) is 6.07 Å². The Hall–Kier alpha value is -1.33. The number of nitrogen functional groups attached to an aromatic ring is 1. The van der Waals surface area contributed by atoms with E-state index >= 15 is 0 Å². The summed E-state index contributed by atoms with van der Waals surface area (Å²) >= 11 is 3.27. The quantitative estimate of drug-likeness (QED) is 0.671. The van der Waals surface area contributed by atoms with Crippen LogP contribution in [0.15, 0.2) is 12.1 Å². The van der Waals surface area contributed by atoms with E-state index in [1.165, 1.54) is 65.9 Å². The van der Waals surface area contributed by atoms with Crippen molar-refractivity contribution >= 4 is 34.3 Å². The molecule has 2 aromatic heterocycles. The first-order valence-corrected chi connectivity index (χ1v) is 8.42. The second-order valence-electron chi connectivity index (χ2n) is 5.01. The third-order valence-corrected chi connectivity index (χ3v) is 6.18. The molecule has 0 unspecified atom stereocenters. The highest BCUT2D eigenvalue weighted by Crippen LogP contribution is 2.40. The first-order chi connectivity index (χ1) is 9.69. The van der Waals surface area contributed by atoms with Crippen molar-refractivity contribution in [3.8, 4) is 9.75 Å². The van der Waals surface area contributed by atoms with Gasteiger partial charge in [0, 0.05) is 14.6 Å². The molecule has 0 saturated heterocycles. The Kier molecular flexibility index (Phi) is 3.81. The van der Waals surface area contributed by atoms with Crippen LogP contribution in [0.2, 0.25) is 0 Å². The third-order valence-electron chi connectivity index (χ3n) is 3.62. The van der Waals surface area contributed by atoms with Gasteiger partial charge in [-0.1, -0.05) is 6.42 Å². The number of anilines is 1. The van der Waals surface area contributed by atoms with Crippen LogP contribution in [-0.4, -0.2) is 13.1 Å². The molecule has 0 atom stereocenters. The average molecular weight is 307 g/mol. The largest absolute Gasteiger partial charge is 0.465 e. The molecule has 3 nitrogen and oxygen atoms in total. The molecule has 2 N–H and O–H groups in total. The summed E-state index contributed by atoms with van der Waals surface area (Å²) in [5.74, 6) is -0.350. The van der Waals surface area contributed by atoms with Crippen molar-refractivity contribution < 1.29 is 9.53 Å². The van der Waals surface area contributed by atoms with Gasteiger partial charge in [0.1, 0.15) is 4.88 Å². The minimum atomic E-state index is -0.350. The van der Waals surface area contributed by atoms with Gasteiger partial charge in [-0.15, -0.1) is 22.7 Å².